The average molecular weight is 460 g/mol. The topological polar surface area (TPSA) is 116 Å². The van der Waals surface area contributed by atoms with Gasteiger partial charge in [-0.3, -0.25) is 19.7 Å². The summed E-state index contributed by atoms with van der Waals surface area (Å²) >= 11 is 0. The minimum Gasteiger partial charge on any atom is -0.462 e. The van der Waals surface area contributed by atoms with Gasteiger partial charge >= 0.3 is 18.1 Å². The molecule has 8 nitrogen and oxygen atoms in total. The quantitative estimate of drug-likeness (QED) is 0.218. The smallest absolute Gasteiger partial charge is 0.462 e. The fourth-order valence-electron chi connectivity index (χ4n) is 2.47. The van der Waals surface area contributed by atoms with E-state index < -0.39 is 68.5 Å². The van der Waals surface area contributed by atoms with Crippen LogP contribution in [0, 0.1) is 21.7 Å². The molecule has 1 N–H and O–H groups in total. The number of carbonyl (C=O) groups is 3. The van der Waals surface area contributed by atoms with Crippen molar-refractivity contribution in [2.24, 2.45) is 0 Å². The molecule has 0 fully saturated rings. The minimum atomic E-state index is -5.38. The molecule has 32 heavy (non-hydrogen) atoms. The van der Waals surface area contributed by atoms with Crippen molar-refractivity contribution >= 4 is 29.0 Å². The zero-order valence-electron chi connectivity index (χ0n) is 16.1. The van der Waals surface area contributed by atoms with E-state index in [1.807, 2.05) is 0 Å². The number of benzene rings is 2. The lowest BCUT2D eigenvalue weighted by Gasteiger charge is -2.12. The molecule has 0 aliphatic heterocycles. The summed E-state index contributed by atoms with van der Waals surface area (Å²) in [5.41, 5.74) is -4.46. The Morgan fingerprint density at radius 2 is 1.78 bits per heavy atom. The van der Waals surface area contributed by atoms with Crippen LogP contribution in [0.5, 0.6) is 0 Å². The molecule has 0 radical (unpaired) electrons. The van der Waals surface area contributed by atoms with Crippen LogP contribution in [0.25, 0.3) is 0 Å². The molecule has 13 heteroatoms. The van der Waals surface area contributed by atoms with Crippen molar-refractivity contribution in [1.29, 1.82) is 0 Å². The third kappa shape index (κ3) is 5.22. The number of hydrogen-bond acceptors (Lipinski definition) is 6. The lowest BCUT2D eigenvalue weighted by Crippen LogP contribution is -2.30. The van der Waals surface area contributed by atoms with Crippen molar-refractivity contribution in [3.05, 3.63) is 68.8 Å². The number of nitro benzene ring substituents is 1. The summed E-state index contributed by atoms with van der Waals surface area (Å²) in [6.45, 7) is 1.55. The number of hydrogen-bond donors (Lipinski definition) is 1. The Hall–Kier alpha value is -3.90. The van der Waals surface area contributed by atoms with E-state index in [4.69, 9.17) is 4.74 Å². The number of halogens is 5. The normalized spacial score (nSPS) is 11.1. The summed E-state index contributed by atoms with van der Waals surface area (Å²) in [6.07, 6.45) is -5.00. The molecule has 2 rings (SSSR count). The molecule has 2 aromatic rings. The fourth-order valence-corrected chi connectivity index (χ4v) is 2.47. The molecule has 0 spiro atoms. The van der Waals surface area contributed by atoms with Crippen LogP contribution < -0.4 is 5.32 Å². The first-order valence-corrected chi connectivity index (χ1v) is 8.74. The standard InChI is InChI=1S/C19H13F5N2O6/c1-2-7-32-17(28)10-8-9(3-6-13(10)26(30)31)16(27)14-11(20)4-5-12(15(14)21)25-18(29)19(22,23)24/h3-6,8H,2,7H2,1H3,(H,25,29). The van der Waals surface area contributed by atoms with E-state index in [2.05, 4.69) is 0 Å². The van der Waals surface area contributed by atoms with Crippen LogP contribution in [0.1, 0.15) is 39.6 Å². The first-order valence-electron chi connectivity index (χ1n) is 8.74. The van der Waals surface area contributed by atoms with Crippen molar-refractivity contribution in [2.45, 2.75) is 19.5 Å². The number of nitro groups is 1. The Bertz CT molecular complexity index is 1100. The van der Waals surface area contributed by atoms with Gasteiger partial charge in [0.25, 0.3) is 5.69 Å². The molecule has 170 valence electrons. The predicted octanol–water partition coefficient (Wildman–Crippen LogP) is 4.17. The van der Waals surface area contributed by atoms with E-state index in [1.54, 1.807) is 6.92 Å². The second-order valence-electron chi connectivity index (χ2n) is 6.19. The zero-order chi connectivity index (χ0) is 24.2. The molecule has 1 amide bonds. The first kappa shape index (κ1) is 24.4. The van der Waals surface area contributed by atoms with Crippen molar-refractivity contribution < 1.29 is 46.0 Å². The summed E-state index contributed by atoms with van der Waals surface area (Å²) < 4.78 is 70.8. The van der Waals surface area contributed by atoms with Crippen molar-refractivity contribution in [1.82, 2.24) is 0 Å². The van der Waals surface area contributed by atoms with Gasteiger partial charge in [-0.2, -0.15) is 13.2 Å². The van der Waals surface area contributed by atoms with Crippen LogP contribution in [0.15, 0.2) is 30.3 Å². The molecule has 0 saturated heterocycles. The lowest BCUT2D eigenvalue weighted by molar-refractivity contribution is -0.385. The van der Waals surface area contributed by atoms with Gasteiger partial charge in [0.05, 0.1) is 22.8 Å². The van der Waals surface area contributed by atoms with Crippen LogP contribution in [-0.2, 0) is 9.53 Å². The molecule has 0 heterocycles. The van der Waals surface area contributed by atoms with Gasteiger partial charge in [-0.15, -0.1) is 0 Å². The third-order valence-corrected chi connectivity index (χ3v) is 3.94. The summed E-state index contributed by atoms with van der Waals surface area (Å²) in [6, 6.07) is 3.15. The summed E-state index contributed by atoms with van der Waals surface area (Å²) in [4.78, 5) is 46.0. The van der Waals surface area contributed by atoms with Crippen LogP contribution >= 0.6 is 0 Å². The van der Waals surface area contributed by atoms with Gasteiger partial charge in [0.15, 0.2) is 11.6 Å². The molecule has 2 aromatic carbocycles. The number of amides is 1. The molecule has 0 saturated carbocycles. The number of anilines is 1. The summed E-state index contributed by atoms with van der Waals surface area (Å²) in [5.74, 6) is -8.45. The molecule has 0 aromatic heterocycles. The number of ketones is 1. The Morgan fingerprint density at radius 1 is 1.12 bits per heavy atom. The van der Waals surface area contributed by atoms with Crippen molar-refractivity contribution in [2.75, 3.05) is 11.9 Å². The summed E-state index contributed by atoms with van der Waals surface area (Å²) in [5, 5.41) is 12.3. The van der Waals surface area contributed by atoms with Gasteiger partial charge < -0.3 is 10.1 Å². The highest BCUT2D eigenvalue weighted by Crippen LogP contribution is 2.28. The number of ether oxygens (including phenoxy) is 1. The van der Waals surface area contributed by atoms with Gasteiger partial charge in [-0.1, -0.05) is 6.92 Å². The van der Waals surface area contributed by atoms with E-state index in [9.17, 15) is 46.5 Å². The third-order valence-electron chi connectivity index (χ3n) is 3.94. The van der Waals surface area contributed by atoms with Gasteiger partial charge in [0, 0.05) is 11.6 Å². The number of rotatable bonds is 7. The second-order valence-corrected chi connectivity index (χ2v) is 6.19. The average Bonchev–Trinajstić information content (AvgIpc) is 2.72. The highest BCUT2D eigenvalue weighted by molar-refractivity contribution is 6.11. The Labute approximate surface area is 176 Å². The highest BCUT2D eigenvalue weighted by Gasteiger charge is 2.39. The van der Waals surface area contributed by atoms with Gasteiger partial charge in [0.1, 0.15) is 11.4 Å². The van der Waals surface area contributed by atoms with Gasteiger partial charge in [-0.25, -0.2) is 13.6 Å². The van der Waals surface area contributed by atoms with Crippen LogP contribution in [0.2, 0.25) is 0 Å². The van der Waals surface area contributed by atoms with Crippen molar-refractivity contribution in [3.8, 4) is 0 Å². The highest BCUT2D eigenvalue weighted by atomic mass is 19.4. The molecular weight excluding hydrogens is 447 g/mol. The number of esters is 1. The second kappa shape index (κ2) is 9.49. The monoisotopic (exact) mass is 460 g/mol. The largest absolute Gasteiger partial charge is 0.471 e. The van der Waals surface area contributed by atoms with E-state index in [0.29, 0.717) is 24.6 Å². The molecule has 0 atom stereocenters. The maximum absolute atomic E-state index is 14.6. The van der Waals surface area contributed by atoms with Crippen LogP contribution in [-0.4, -0.2) is 35.4 Å². The maximum Gasteiger partial charge on any atom is 0.471 e. The van der Waals surface area contributed by atoms with Gasteiger partial charge in [0.2, 0.25) is 0 Å². The van der Waals surface area contributed by atoms with E-state index >= 15 is 0 Å². The maximum atomic E-state index is 14.6. The number of nitrogens with zero attached hydrogens (tertiary/aromatic N) is 1. The number of alkyl halides is 3. The van der Waals surface area contributed by atoms with Crippen LogP contribution in [0.4, 0.5) is 33.3 Å². The van der Waals surface area contributed by atoms with E-state index in [0.717, 1.165) is 12.1 Å². The zero-order valence-corrected chi connectivity index (χ0v) is 16.1. The predicted molar refractivity (Wildman–Crippen MR) is 98.1 cm³/mol. The summed E-state index contributed by atoms with van der Waals surface area (Å²) in [7, 11) is 0. The molecule has 0 bridgehead atoms. The van der Waals surface area contributed by atoms with E-state index in [-0.39, 0.29) is 6.61 Å². The van der Waals surface area contributed by atoms with Crippen molar-refractivity contribution in [3.63, 3.8) is 0 Å². The number of carbonyl (C=O) groups excluding carboxylic acids is 3. The van der Waals surface area contributed by atoms with Crippen LogP contribution in [0.3, 0.4) is 0 Å². The fraction of sp³-hybridized carbons (Fsp3) is 0.211. The van der Waals surface area contributed by atoms with Gasteiger partial charge in [-0.05, 0) is 30.7 Å². The molecule has 0 aliphatic rings. The lowest BCUT2D eigenvalue weighted by atomic mass is 9.98. The number of nitrogens with one attached hydrogen (secondary N) is 1. The Morgan fingerprint density at radius 3 is 2.34 bits per heavy atom. The minimum absolute atomic E-state index is 0.0988. The molecule has 0 aliphatic carbocycles. The molecule has 0 unspecified atom stereocenters. The molecular formula is C19H13F5N2O6. The van der Waals surface area contributed by atoms with E-state index in [1.165, 1.54) is 5.32 Å². The first-order chi connectivity index (χ1) is 14.9. The SMILES string of the molecule is CCCOC(=O)c1cc(C(=O)c2c(F)ccc(NC(=O)C(F)(F)F)c2F)ccc1[N+](=O)[O-]. The Kier molecular flexibility index (Phi) is 7.23. The Balaban J connectivity index is 2.53.